The summed E-state index contributed by atoms with van der Waals surface area (Å²) in [7, 11) is 0. The molecule has 0 spiro atoms. The van der Waals surface area contributed by atoms with Crippen molar-refractivity contribution < 1.29 is 28.2 Å². The van der Waals surface area contributed by atoms with Crippen LogP contribution in [0.2, 0.25) is 0 Å². The topological polar surface area (TPSA) is 78.9 Å². The molecule has 6 nitrogen and oxygen atoms in total. The maximum absolute atomic E-state index is 12.3. The Morgan fingerprint density at radius 2 is 1.96 bits per heavy atom. The fraction of sp³-hybridized carbons (Fsp3) is 0.500. The first-order valence-electron chi connectivity index (χ1n) is 7.75. The van der Waals surface area contributed by atoms with E-state index in [4.69, 9.17) is 5.11 Å². The summed E-state index contributed by atoms with van der Waals surface area (Å²) in [6.07, 6.45) is 1.24. The summed E-state index contributed by atoms with van der Waals surface area (Å²) < 4.78 is 29.1. The number of amides is 2. The number of rotatable bonds is 6. The van der Waals surface area contributed by atoms with Gasteiger partial charge in [-0.25, -0.2) is 4.79 Å². The Morgan fingerprint density at radius 3 is 2.58 bits per heavy atom. The van der Waals surface area contributed by atoms with Crippen LogP contribution < -0.4 is 10.1 Å². The minimum Gasteiger partial charge on any atom is -0.481 e. The van der Waals surface area contributed by atoms with Gasteiger partial charge in [0.15, 0.2) is 0 Å². The van der Waals surface area contributed by atoms with Crippen molar-refractivity contribution in [3.8, 4) is 5.75 Å². The first-order valence-corrected chi connectivity index (χ1v) is 7.75. The number of benzene rings is 1. The van der Waals surface area contributed by atoms with E-state index >= 15 is 0 Å². The van der Waals surface area contributed by atoms with Crippen LogP contribution in [0.4, 0.5) is 13.6 Å². The predicted octanol–water partition coefficient (Wildman–Crippen LogP) is 2.34. The molecular weight excluding hydrogens is 322 g/mol. The van der Waals surface area contributed by atoms with Gasteiger partial charge >= 0.3 is 18.6 Å². The average Bonchev–Trinajstić information content (AvgIpc) is 2.56. The van der Waals surface area contributed by atoms with Crippen LogP contribution in [0.1, 0.15) is 18.4 Å². The Hall–Kier alpha value is -2.38. The number of carbonyl (C=O) groups excluding carboxylic acids is 1. The lowest BCUT2D eigenvalue weighted by molar-refractivity contribution is -0.143. The average molecular weight is 342 g/mol. The minimum absolute atomic E-state index is 0.101. The molecule has 0 aliphatic carbocycles. The van der Waals surface area contributed by atoms with Crippen molar-refractivity contribution in [3.05, 3.63) is 29.8 Å². The number of aliphatic carboxylic acids is 1. The zero-order chi connectivity index (χ0) is 17.5. The van der Waals surface area contributed by atoms with Gasteiger partial charge < -0.3 is 20.1 Å². The van der Waals surface area contributed by atoms with Gasteiger partial charge in [-0.05, 0) is 30.9 Å². The molecule has 2 N–H and O–H groups in total. The molecule has 1 heterocycles. The summed E-state index contributed by atoms with van der Waals surface area (Å²) >= 11 is 0. The number of para-hydroxylation sites is 1. The molecule has 132 valence electrons. The molecule has 0 aromatic heterocycles. The number of alkyl halides is 2. The Balaban J connectivity index is 1.78. The number of carboxylic acid groups (broad SMARTS) is 1. The third-order valence-corrected chi connectivity index (χ3v) is 3.99. The van der Waals surface area contributed by atoms with Crippen LogP contribution in [-0.4, -0.2) is 48.3 Å². The van der Waals surface area contributed by atoms with E-state index in [-0.39, 0.29) is 18.3 Å². The predicted molar refractivity (Wildman–Crippen MR) is 82.1 cm³/mol. The molecule has 1 aliphatic heterocycles. The number of hydrogen-bond acceptors (Lipinski definition) is 3. The van der Waals surface area contributed by atoms with E-state index in [1.165, 1.54) is 6.07 Å². The third kappa shape index (κ3) is 5.07. The highest BCUT2D eigenvalue weighted by Crippen LogP contribution is 2.20. The van der Waals surface area contributed by atoms with Crippen molar-refractivity contribution in [2.45, 2.75) is 25.9 Å². The van der Waals surface area contributed by atoms with Crippen molar-refractivity contribution in [1.82, 2.24) is 10.2 Å². The van der Waals surface area contributed by atoms with E-state index in [0.717, 1.165) is 0 Å². The molecule has 1 fully saturated rings. The third-order valence-electron chi connectivity index (χ3n) is 3.99. The van der Waals surface area contributed by atoms with E-state index in [1.807, 2.05) is 0 Å². The van der Waals surface area contributed by atoms with Crippen LogP contribution in [0, 0.1) is 5.92 Å². The van der Waals surface area contributed by atoms with Crippen molar-refractivity contribution in [2.75, 3.05) is 19.6 Å². The summed E-state index contributed by atoms with van der Waals surface area (Å²) in [6, 6.07) is 6.17. The van der Waals surface area contributed by atoms with Crippen LogP contribution in [0.15, 0.2) is 24.3 Å². The second-order valence-electron chi connectivity index (χ2n) is 5.57. The number of ether oxygens (including phenoxy) is 1. The Labute approximate surface area is 138 Å². The fourth-order valence-electron chi connectivity index (χ4n) is 2.67. The van der Waals surface area contributed by atoms with Gasteiger partial charge in [0.05, 0.1) is 5.92 Å². The van der Waals surface area contributed by atoms with Gasteiger partial charge in [0.25, 0.3) is 0 Å². The molecule has 2 rings (SSSR count). The van der Waals surface area contributed by atoms with Crippen LogP contribution in [-0.2, 0) is 11.2 Å². The van der Waals surface area contributed by atoms with E-state index < -0.39 is 18.5 Å². The second kappa shape index (κ2) is 8.47. The Morgan fingerprint density at radius 1 is 1.29 bits per heavy atom. The van der Waals surface area contributed by atoms with Crippen molar-refractivity contribution in [3.63, 3.8) is 0 Å². The second-order valence-corrected chi connectivity index (χ2v) is 5.57. The number of nitrogens with zero attached hydrogens (tertiary/aromatic N) is 1. The van der Waals surface area contributed by atoms with Gasteiger partial charge in [-0.3, -0.25) is 4.79 Å². The Bertz CT molecular complexity index is 575. The first-order chi connectivity index (χ1) is 11.5. The van der Waals surface area contributed by atoms with Crippen molar-refractivity contribution >= 4 is 12.0 Å². The summed E-state index contributed by atoms with van der Waals surface area (Å²) in [5.74, 6) is -1.12. The minimum atomic E-state index is -2.89. The number of hydrogen-bond donors (Lipinski definition) is 2. The largest absolute Gasteiger partial charge is 0.481 e. The van der Waals surface area contributed by atoms with Crippen molar-refractivity contribution in [1.29, 1.82) is 0 Å². The van der Waals surface area contributed by atoms with Gasteiger partial charge in [0.2, 0.25) is 0 Å². The van der Waals surface area contributed by atoms with Gasteiger partial charge in [-0.2, -0.15) is 8.78 Å². The molecule has 0 radical (unpaired) electrons. The van der Waals surface area contributed by atoms with E-state index in [1.54, 1.807) is 23.1 Å². The summed E-state index contributed by atoms with van der Waals surface area (Å²) in [5, 5.41) is 11.7. The van der Waals surface area contributed by atoms with Gasteiger partial charge in [0.1, 0.15) is 5.75 Å². The number of carbonyl (C=O) groups is 2. The van der Waals surface area contributed by atoms with Crippen LogP contribution in [0.5, 0.6) is 5.75 Å². The van der Waals surface area contributed by atoms with Crippen molar-refractivity contribution in [2.24, 2.45) is 5.92 Å². The normalized spacial score (nSPS) is 15.4. The van der Waals surface area contributed by atoms with E-state index in [2.05, 4.69) is 10.1 Å². The molecule has 2 amide bonds. The molecule has 1 aromatic rings. The molecule has 0 bridgehead atoms. The van der Waals surface area contributed by atoms with Crippen LogP contribution >= 0.6 is 0 Å². The molecule has 1 aromatic carbocycles. The van der Waals surface area contributed by atoms with Gasteiger partial charge in [-0.15, -0.1) is 0 Å². The molecule has 0 atom stereocenters. The highest BCUT2D eigenvalue weighted by molar-refractivity contribution is 5.75. The first kappa shape index (κ1) is 18.0. The smallest absolute Gasteiger partial charge is 0.387 e. The van der Waals surface area contributed by atoms with Gasteiger partial charge in [0, 0.05) is 19.6 Å². The number of likely N-dealkylation sites (tertiary alicyclic amines) is 1. The number of carboxylic acids is 1. The molecule has 0 unspecified atom stereocenters. The molecule has 1 aliphatic rings. The SMILES string of the molecule is O=C(O)C1CCN(C(=O)NCCc2ccccc2OC(F)F)CC1. The quantitative estimate of drug-likeness (QED) is 0.832. The molecule has 8 heteroatoms. The van der Waals surface area contributed by atoms with E-state index in [0.29, 0.717) is 37.9 Å². The lowest BCUT2D eigenvalue weighted by atomic mass is 9.97. The lowest BCUT2D eigenvalue weighted by Gasteiger charge is -2.30. The van der Waals surface area contributed by atoms with Crippen LogP contribution in [0.3, 0.4) is 0 Å². The standard InChI is InChI=1S/C16H20F2N2O4/c17-15(18)24-13-4-2-1-3-11(13)5-8-19-16(23)20-9-6-12(7-10-20)14(21)22/h1-4,12,15H,5-10H2,(H,19,23)(H,21,22). The maximum atomic E-state index is 12.3. The highest BCUT2D eigenvalue weighted by Gasteiger charge is 2.26. The Kier molecular flexibility index (Phi) is 6.34. The van der Waals surface area contributed by atoms with Crippen LogP contribution in [0.25, 0.3) is 0 Å². The highest BCUT2D eigenvalue weighted by atomic mass is 19.3. The number of nitrogens with one attached hydrogen (secondary N) is 1. The monoisotopic (exact) mass is 342 g/mol. The summed E-state index contributed by atoms with van der Waals surface area (Å²) in [6.45, 7) is -1.82. The summed E-state index contributed by atoms with van der Waals surface area (Å²) in [4.78, 5) is 24.5. The summed E-state index contributed by atoms with van der Waals surface area (Å²) in [5.41, 5.74) is 0.586. The van der Waals surface area contributed by atoms with E-state index in [9.17, 15) is 18.4 Å². The zero-order valence-electron chi connectivity index (χ0n) is 13.1. The maximum Gasteiger partial charge on any atom is 0.387 e. The number of halogens is 2. The number of urea groups is 1. The molecule has 24 heavy (non-hydrogen) atoms. The fourth-order valence-corrected chi connectivity index (χ4v) is 2.67. The molecule has 0 saturated carbocycles. The molecule has 1 saturated heterocycles. The lowest BCUT2D eigenvalue weighted by Crippen LogP contribution is -2.45. The number of piperidine rings is 1. The zero-order valence-corrected chi connectivity index (χ0v) is 13.1. The van der Waals surface area contributed by atoms with Gasteiger partial charge in [-0.1, -0.05) is 18.2 Å². The molecular formula is C16H20F2N2O4.